The molecule has 7 nitrogen and oxygen atoms in total. The predicted octanol–water partition coefficient (Wildman–Crippen LogP) is 5.25. The van der Waals surface area contributed by atoms with Crippen molar-refractivity contribution in [2.24, 2.45) is 11.3 Å². The molecule has 3 aliphatic rings. The number of hydrogen-bond donors (Lipinski definition) is 2. The molecule has 2 aliphatic heterocycles. The molecule has 2 heterocycles. The van der Waals surface area contributed by atoms with Crippen LogP contribution in [0.3, 0.4) is 0 Å². The summed E-state index contributed by atoms with van der Waals surface area (Å²) in [6, 6.07) is 11.0. The molecule has 1 fully saturated rings. The third-order valence-corrected chi connectivity index (χ3v) is 10.2. The molecule has 2 bridgehead atoms. The van der Waals surface area contributed by atoms with Crippen molar-refractivity contribution in [3.8, 4) is 5.75 Å². The fraction of sp³-hybridized carbons (Fsp3) is 0.500. The first-order valence-corrected chi connectivity index (χ1v) is 15.8. The maximum atomic E-state index is 13.0. The molecule has 9 heteroatoms. The number of anilines is 1. The Balaban J connectivity index is 1.54. The van der Waals surface area contributed by atoms with Crippen molar-refractivity contribution in [3.05, 3.63) is 70.3 Å². The van der Waals surface area contributed by atoms with Crippen molar-refractivity contribution in [1.29, 1.82) is 0 Å². The number of fused-ring (bicyclic) bond motifs is 3. The number of nitrogens with zero attached hydrogens (tertiary/aromatic N) is 1. The minimum Gasteiger partial charge on any atom is -0.487 e. The molecular formula is C30H37ClN2O5S. The van der Waals surface area contributed by atoms with Gasteiger partial charge in [-0.25, -0.2) is 13.1 Å². The summed E-state index contributed by atoms with van der Waals surface area (Å²) in [7, 11) is -3.81. The van der Waals surface area contributed by atoms with Gasteiger partial charge >= 0.3 is 0 Å². The number of allylic oxidation sites excluding steroid dienone is 1. The molecular weight excluding hydrogens is 536 g/mol. The van der Waals surface area contributed by atoms with E-state index in [4.69, 9.17) is 16.3 Å². The summed E-state index contributed by atoms with van der Waals surface area (Å²) in [5.74, 6) is 0.0740. The lowest BCUT2D eigenvalue weighted by Gasteiger charge is -2.52. The number of nitrogens with one attached hydrogen (secondary N) is 1. The van der Waals surface area contributed by atoms with Crippen LogP contribution in [-0.4, -0.2) is 44.4 Å². The van der Waals surface area contributed by atoms with Crippen LogP contribution in [0.15, 0.2) is 48.6 Å². The van der Waals surface area contributed by atoms with E-state index in [1.807, 2.05) is 24.3 Å². The van der Waals surface area contributed by atoms with Crippen LogP contribution in [0, 0.1) is 11.3 Å². The minimum atomic E-state index is -3.81. The smallest absolute Gasteiger partial charge is 0.264 e. The summed E-state index contributed by atoms with van der Waals surface area (Å²) >= 11 is 6.29. The minimum absolute atomic E-state index is 0.200. The highest BCUT2D eigenvalue weighted by Gasteiger charge is 2.48. The normalized spacial score (nSPS) is 28.4. The van der Waals surface area contributed by atoms with Crippen molar-refractivity contribution < 1.29 is 23.1 Å². The van der Waals surface area contributed by atoms with Crippen molar-refractivity contribution in [3.63, 3.8) is 0 Å². The van der Waals surface area contributed by atoms with Gasteiger partial charge in [-0.1, -0.05) is 36.7 Å². The molecule has 0 unspecified atom stereocenters. The van der Waals surface area contributed by atoms with E-state index in [1.165, 1.54) is 5.56 Å². The van der Waals surface area contributed by atoms with E-state index in [0.717, 1.165) is 56.4 Å². The second kappa shape index (κ2) is 11.5. The first kappa shape index (κ1) is 28.0. The van der Waals surface area contributed by atoms with E-state index < -0.39 is 22.0 Å². The number of aliphatic hydroxyl groups is 1. The van der Waals surface area contributed by atoms with Gasteiger partial charge in [-0.3, -0.25) is 4.79 Å². The number of halogens is 1. The van der Waals surface area contributed by atoms with Crippen molar-refractivity contribution >= 4 is 33.2 Å². The second-order valence-electron chi connectivity index (χ2n) is 11.3. The average molecular weight is 573 g/mol. The van der Waals surface area contributed by atoms with Gasteiger partial charge in [-0.2, -0.15) is 0 Å². The number of sulfonamides is 1. The number of aryl methyl sites for hydroxylation is 1. The van der Waals surface area contributed by atoms with Gasteiger partial charge in [0.05, 0.1) is 17.5 Å². The molecule has 0 saturated heterocycles. The fourth-order valence-corrected chi connectivity index (χ4v) is 7.12. The maximum Gasteiger partial charge on any atom is 0.264 e. The van der Waals surface area contributed by atoms with Crippen LogP contribution >= 0.6 is 11.6 Å². The van der Waals surface area contributed by atoms with Gasteiger partial charge in [0.2, 0.25) is 10.0 Å². The van der Waals surface area contributed by atoms with Gasteiger partial charge in [-0.15, -0.1) is 0 Å². The van der Waals surface area contributed by atoms with Gasteiger partial charge in [-0.05, 0) is 97.7 Å². The van der Waals surface area contributed by atoms with Crippen molar-refractivity contribution in [2.45, 2.75) is 64.6 Å². The Morgan fingerprint density at radius 3 is 2.77 bits per heavy atom. The molecule has 210 valence electrons. The molecule has 2 aromatic carbocycles. The number of carbonyl (C=O) groups is 1. The molecule has 0 spiro atoms. The largest absolute Gasteiger partial charge is 0.487 e. The van der Waals surface area contributed by atoms with Crippen LogP contribution < -0.4 is 14.4 Å². The Hall–Kier alpha value is -2.55. The Labute approximate surface area is 236 Å². The van der Waals surface area contributed by atoms with E-state index in [-0.39, 0.29) is 29.1 Å². The van der Waals surface area contributed by atoms with Crippen molar-refractivity contribution in [2.75, 3.05) is 23.7 Å². The molecule has 1 aliphatic carbocycles. The number of ether oxygens (including phenoxy) is 1. The van der Waals surface area contributed by atoms with Gasteiger partial charge in [0, 0.05) is 23.7 Å². The molecule has 39 heavy (non-hydrogen) atoms. The van der Waals surface area contributed by atoms with Crippen LogP contribution in [0.25, 0.3) is 0 Å². The molecule has 2 N–H and O–H groups in total. The fourth-order valence-electron chi connectivity index (χ4n) is 5.97. The highest BCUT2D eigenvalue weighted by molar-refractivity contribution is 7.90. The standard InChI is InChI=1S/C30H37ClN2O5S/c1-30-14-13-24(30)19-33-15-5-4-7-21-17-25(31)11-9-23(21)20-38-27-12-10-22(18-26(27)33)29(35)32-39(36,37)16-6-2-3-8-28(30)34/h2-3,9-12,17-18,24,28,34H,4-8,13-16,19-20H2,1H3,(H,32,35)/b3-2+/t24-,28+,30+/m0/s1. The van der Waals surface area contributed by atoms with Crippen LogP contribution in [0.5, 0.6) is 5.75 Å². The summed E-state index contributed by atoms with van der Waals surface area (Å²) in [5, 5.41) is 11.8. The Morgan fingerprint density at radius 1 is 1.13 bits per heavy atom. The topological polar surface area (TPSA) is 95.9 Å². The van der Waals surface area contributed by atoms with E-state index in [9.17, 15) is 18.3 Å². The number of amides is 1. The Morgan fingerprint density at radius 2 is 1.97 bits per heavy atom. The highest BCUT2D eigenvalue weighted by atomic mass is 35.5. The molecule has 0 radical (unpaired) electrons. The van der Waals surface area contributed by atoms with E-state index in [2.05, 4.69) is 16.5 Å². The third kappa shape index (κ3) is 6.28. The number of aliphatic hydroxyl groups excluding tert-OH is 1. The van der Waals surface area contributed by atoms with Gasteiger partial charge in [0.25, 0.3) is 5.91 Å². The predicted molar refractivity (Wildman–Crippen MR) is 154 cm³/mol. The summed E-state index contributed by atoms with van der Waals surface area (Å²) in [5.41, 5.74) is 3.05. The number of rotatable bonds is 0. The van der Waals surface area contributed by atoms with E-state index in [0.29, 0.717) is 23.8 Å². The van der Waals surface area contributed by atoms with Crippen LogP contribution in [0.1, 0.15) is 66.9 Å². The first-order valence-electron chi connectivity index (χ1n) is 13.8. The lowest BCUT2D eigenvalue weighted by atomic mass is 9.57. The summed E-state index contributed by atoms with van der Waals surface area (Å²) in [6.45, 7) is 3.98. The van der Waals surface area contributed by atoms with Gasteiger partial charge in [0.1, 0.15) is 12.4 Å². The molecule has 1 amide bonds. The van der Waals surface area contributed by atoms with E-state index >= 15 is 0 Å². The highest BCUT2D eigenvalue weighted by Crippen LogP contribution is 2.51. The molecule has 0 aromatic heterocycles. The molecule has 5 rings (SSSR count). The summed E-state index contributed by atoms with van der Waals surface area (Å²) in [4.78, 5) is 15.3. The first-order chi connectivity index (χ1) is 18.6. The quantitative estimate of drug-likeness (QED) is 0.419. The Kier molecular flexibility index (Phi) is 8.26. The SMILES string of the molecule is C[C@@]12CC[C@H]1CN1CCCCc3cc(Cl)ccc3COc3ccc(cc31)C(=O)NS(=O)(=O)CC/C=C/C[C@H]2O. The third-order valence-electron chi connectivity index (χ3n) is 8.73. The van der Waals surface area contributed by atoms with Crippen LogP contribution in [-0.2, 0) is 23.1 Å². The lowest BCUT2D eigenvalue weighted by molar-refractivity contribution is -0.0694. The number of benzene rings is 2. The molecule has 1 saturated carbocycles. The summed E-state index contributed by atoms with van der Waals surface area (Å²) < 4.78 is 33.8. The number of hydrogen-bond acceptors (Lipinski definition) is 6. The van der Waals surface area contributed by atoms with Crippen LogP contribution in [0.4, 0.5) is 5.69 Å². The maximum absolute atomic E-state index is 13.0. The zero-order chi connectivity index (χ0) is 27.6. The van der Waals surface area contributed by atoms with E-state index in [1.54, 1.807) is 24.3 Å². The Bertz CT molecular complexity index is 1360. The summed E-state index contributed by atoms with van der Waals surface area (Å²) in [6.07, 6.45) is 8.61. The average Bonchev–Trinajstić information content (AvgIpc) is 2.92. The molecule has 2 aromatic rings. The lowest BCUT2D eigenvalue weighted by Crippen LogP contribution is -2.51. The molecule has 3 atom stereocenters. The van der Waals surface area contributed by atoms with Crippen LogP contribution in [0.2, 0.25) is 5.02 Å². The monoisotopic (exact) mass is 572 g/mol. The van der Waals surface area contributed by atoms with Gasteiger partial charge < -0.3 is 14.7 Å². The van der Waals surface area contributed by atoms with Gasteiger partial charge in [0.15, 0.2) is 0 Å². The van der Waals surface area contributed by atoms with Crippen molar-refractivity contribution in [1.82, 2.24) is 4.72 Å². The number of carbonyl (C=O) groups excluding carboxylic acids is 1. The second-order valence-corrected chi connectivity index (χ2v) is 13.6. The zero-order valence-electron chi connectivity index (χ0n) is 22.4. The zero-order valence-corrected chi connectivity index (χ0v) is 23.9.